The molecule has 1 heterocycles. The number of hydrogen-bond donors (Lipinski definition) is 1. The number of benzene rings is 1. The second-order valence-electron chi connectivity index (χ2n) is 6.15. The van der Waals surface area contributed by atoms with Crippen LogP contribution in [0.4, 0.5) is 5.69 Å². The lowest BCUT2D eigenvalue weighted by atomic mass is 10.2. The van der Waals surface area contributed by atoms with Gasteiger partial charge in [-0.2, -0.15) is 0 Å². The fraction of sp³-hybridized carbons (Fsp3) is 0.474. The molecule has 0 bridgehead atoms. The highest BCUT2D eigenvalue weighted by Gasteiger charge is 2.08. The number of nitrogens with one attached hydrogen (secondary N) is 1. The van der Waals surface area contributed by atoms with E-state index in [1.807, 2.05) is 21.0 Å². The number of aromatic nitrogens is 1. The summed E-state index contributed by atoms with van der Waals surface area (Å²) in [6.45, 7) is 4.79. The van der Waals surface area contributed by atoms with Crippen LogP contribution < -0.4 is 10.2 Å². The Balaban J connectivity index is 0.00000338. The molecule has 7 heteroatoms. The van der Waals surface area contributed by atoms with Gasteiger partial charge in [-0.3, -0.25) is 4.99 Å². The van der Waals surface area contributed by atoms with Crippen molar-refractivity contribution in [3.8, 4) is 0 Å². The Hall–Kier alpha value is -1.35. The number of para-hydroxylation sites is 1. The first-order valence-electron chi connectivity index (χ1n) is 8.69. The van der Waals surface area contributed by atoms with Crippen LogP contribution >= 0.6 is 35.3 Å². The van der Waals surface area contributed by atoms with Gasteiger partial charge in [0.15, 0.2) is 5.96 Å². The van der Waals surface area contributed by atoms with E-state index in [9.17, 15) is 0 Å². The summed E-state index contributed by atoms with van der Waals surface area (Å²) in [5.41, 5.74) is 2.36. The lowest BCUT2D eigenvalue weighted by Gasteiger charge is -2.22. The van der Waals surface area contributed by atoms with Gasteiger partial charge in [0.05, 0.1) is 17.2 Å². The smallest absolute Gasteiger partial charge is 0.193 e. The van der Waals surface area contributed by atoms with Crippen LogP contribution in [-0.4, -0.2) is 50.1 Å². The van der Waals surface area contributed by atoms with Crippen LogP contribution in [0.2, 0.25) is 0 Å². The molecule has 1 aromatic heterocycles. The molecule has 5 nitrogen and oxygen atoms in total. The molecular weight excluding hydrogens is 457 g/mol. The van der Waals surface area contributed by atoms with E-state index < -0.39 is 0 Å². The van der Waals surface area contributed by atoms with Gasteiger partial charge < -0.3 is 15.1 Å². The van der Waals surface area contributed by atoms with Crippen LogP contribution in [-0.2, 0) is 6.54 Å². The highest BCUT2D eigenvalue weighted by atomic mass is 127. The molecule has 1 N–H and O–H groups in total. The molecule has 0 aliphatic carbocycles. The number of unbranched alkanes of at least 4 members (excludes halogenated alkanes) is 1. The van der Waals surface area contributed by atoms with Crippen molar-refractivity contribution < 1.29 is 0 Å². The lowest BCUT2D eigenvalue weighted by molar-refractivity contribution is 0.469. The van der Waals surface area contributed by atoms with Crippen molar-refractivity contribution in [3.05, 3.63) is 46.4 Å². The molecule has 0 saturated heterocycles. The summed E-state index contributed by atoms with van der Waals surface area (Å²) in [6.07, 6.45) is 2.25. The molecule has 0 saturated carbocycles. The van der Waals surface area contributed by atoms with Gasteiger partial charge in [0.2, 0.25) is 0 Å². The van der Waals surface area contributed by atoms with Gasteiger partial charge in [0, 0.05) is 45.3 Å². The highest BCUT2D eigenvalue weighted by Crippen LogP contribution is 2.11. The molecule has 0 aliphatic heterocycles. The number of aryl methyl sites for hydroxylation is 1. The third-order valence-electron chi connectivity index (χ3n) is 4.04. The Morgan fingerprint density at radius 1 is 1.19 bits per heavy atom. The molecule has 0 amide bonds. The monoisotopic (exact) mass is 487 g/mol. The van der Waals surface area contributed by atoms with Crippen molar-refractivity contribution in [2.45, 2.75) is 26.3 Å². The molecule has 1 aromatic carbocycles. The first-order valence-corrected chi connectivity index (χ1v) is 9.57. The molecule has 0 aliphatic rings. The molecule has 0 fully saturated rings. The zero-order valence-corrected chi connectivity index (χ0v) is 19.3. The van der Waals surface area contributed by atoms with Crippen LogP contribution in [0.3, 0.4) is 0 Å². The van der Waals surface area contributed by atoms with E-state index in [0.717, 1.165) is 49.1 Å². The zero-order valence-electron chi connectivity index (χ0n) is 16.1. The summed E-state index contributed by atoms with van der Waals surface area (Å²) in [7, 11) is 6.02. The van der Waals surface area contributed by atoms with Crippen LogP contribution in [0.5, 0.6) is 0 Å². The van der Waals surface area contributed by atoms with Crippen molar-refractivity contribution in [1.29, 1.82) is 0 Å². The topological polar surface area (TPSA) is 43.8 Å². The summed E-state index contributed by atoms with van der Waals surface area (Å²) in [5, 5.41) is 6.66. The minimum absolute atomic E-state index is 0. The third-order valence-corrected chi connectivity index (χ3v) is 4.86. The largest absolute Gasteiger partial charge is 0.375 e. The fourth-order valence-corrected chi connectivity index (χ4v) is 3.27. The predicted molar refractivity (Wildman–Crippen MR) is 124 cm³/mol. The molecule has 2 aromatic rings. The number of guanidine groups is 1. The molecular formula is C19H30IN5S. The minimum Gasteiger partial charge on any atom is -0.375 e. The van der Waals surface area contributed by atoms with Gasteiger partial charge in [-0.25, -0.2) is 4.98 Å². The maximum atomic E-state index is 4.51. The summed E-state index contributed by atoms with van der Waals surface area (Å²) in [5.74, 6) is 0.919. The van der Waals surface area contributed by atoms with E-state index in [1.54, 1.807) is 11.3 Å². The van der Waals surface area contributed by atoms with E-state index in [4.69, 9.17) is 0 Å². The lowest BCUT2D eigenvalue weighted by Crippen LogP contribution is -2.39. The van der Waals surface area contributed by atoms with Gasteiger partial charge in [-0.05, 0) is 31.9 Å². The number of anilines is 1. The molecule has 0 unspecified atom stereocenters. The molecule has 0 atom stereocenters. The summed E-state index contributed by atoms with van der Waals surface area (Å²) in [4.78, 5) is 13.3. The normalized spacial score (nSPS) is 11.0. The molecule has 0 spiro atoms. The van der Waals surface area contributed by atoms with Crippen LogP contribution in [0.15, 0.2) is 40.7 Å². The van der Waals surface area contributed by atoms with Gasteiger partial charge in [0.25, 0.3) is 0 Å². The van der Waals surface area contributed by atoms with Crippen LogP contribution in [0.25, 0.3) is 0 Å². The van der Waals surface area contributed by atoms with Gasteiger partial charge in [-0.1, -0.05) is 18.2 Å². The van der Waals surface area contributed by atoms with E-state index in [2.05, 4.69) is 67.9 Å². The highest BCUT2D eigenvalue weighted by molar-refractivity contribution is 14.0. The SMILES string of the molecule is CN=C(NCCCCN(C)c1ccccc1)N(C)Cc1csc(C)n1.I. The summed E-state index contributed by atoms with van der Waals surface area (Å²) in [6, 6.07) is 10.5. The maximum absolute atomic E-state index is 4.51. The van der Waals surface area contributed by atoms with Crippen LogP contribution in [0.1, 0.15) is 23.5 Å². The quantitative estimate of drug-likeness (QED) is 0.265. The second kappa shape index (κ2) is 12.1. The van der Waals surface area contributed by atoms with E-state index in [0.29, 0.717) is 0 Å². The van der Waals surface area contributed by atoms with Crippen LogP contribution in [0, 0.1) is 6.92 Å². The first-order chi connectivity index (χ1) is 12.1. The standard InChI is InChI=1S/C19H29N5S.HI/c1-16-22-17(15-25-16)14-24(4)19(20-2)21-12-8-9-13-23(3)18-10-6-5-7-11-18;/h5-7,10-11,15H,8-9,12-14H2,1-4H3,(H,20,21);1H. The Bertz CT molecular complexity index is 659. The summed E-state index contributed by atoms with van der Waals surface area (Å²) < 4.78 is 0. The van der Waals surface area contributed by atoms with E-state index >= 15 is 0 Å². The molecule has 2 rings (SSSR count). The van der Waals surface area contributed by atoms with Crippen molar-refractivity contribution in [3.63, 3.8) is 0 Å². The van der Waals surface area contributed by atoms with Gasteiger partial charge >= 0.3 is 0 Å². The second-order valence-corrected chi connectivity index (χ2v) is 7.21. The van der Waals surface area contributed by atoms with Crippen molar-refractivity contribution in [2.75, 3.05) is 39.1 Å². The Kier molecular flexibility index (Phi) is 10.6. The Morgan fingerprint density at radius 2 is 1.92 bits per heavy atom. The molecule has 144 valence electrons. The van der Waals surface area contributed by atoms with Gasteiger partial charge in [0.1, 0.15) is 0 Å². The summed E-state index contributed by atoms with van der Waals surface area (Å²) >= 11 is 1.69. The van der Waals surface area contributed by atoms with Crippen molar-refractivity contribution >= 4 is 47.0 Å². The average Bonchev–Trinajstić information content (AvgIpc) is 3.03. The number of aliphatic imine (C=N–C) groups is 1. The Morgan fingerprint density at radius 3 is 2.54 bits per heavy atom. The average molecular weight is 487 g/mol. The minimum atomic E-state index is 0. The molecule has 26 heavy (non-hydrogen) atoms. The Labute approximate surface area is 178 Å². The number of halogens is 1. The zero-order chi connectivity index (χ0) is 18.1. The first kappa shape index (κ1) is 22.7. The molecule has 0 radical (unpaired) electrons. The van der Waals surface area contributed by atoms with E-state index in [1.165, 1.54) is 5.69 Å². The number of hydrogen-bond acceptors (Lipinski definition) is 4. The number of thiazole rings is 1. The van der Waals surface area contributed by atoms with Crippen molar-refractivity contribution in [1.82, 2.24) is 15.2 Å². The maximum Gasteiger partial charge on any atom is 0.193 e. The number of rotatable bonds is 8. The van der Waals surface area contributed by atoms with Gasteiger partial charge in [-0.15, -0.1) is 35.3 Å². The predicted octanol–water partition coefficient (Wildman–Crippen LogP) is 3.99. The van der Waals surface area contributed by atoms with E-state index in [-0.39, 0.29) is 24.0 Å². The van der Waals surface area contributed by atoms with Crippen molar-refractivity contribution in [2.24, 2.45) is 4.99 Å². The number of nitrogens with zero attached hydrogens (tertiary/aromatic N) is 4. The fourth-order valence-electron chi connectivity index (χ4n) is 2.67. The third kappa shape index (κ3) is 7.49.